The van der Waals surface area contributed by atoms with E-state index in [0.717, 1.165) is 15.9 Å². The van der Waals surface area contributed by atoms with Crippen molar-refractivity contribution in [3.05, 3.63) is 57.5 Å². The summed E-state index contributed by atoms with van der Waals surface area (Å²) >= 11 is 7.47. The van der Waals surface area contributed by atoms with E-state index in [-0.39, 0.29) is 5.56 Å². The molecule has 0 aliphatic carbocycles. The van der Waals surface area contributed by atoms with Gasteiger partial charge in [-0.25, -0.2) is 4.98 Å². The SMILES string of the molecule is Cc1ccc2c(n1)sc1c(=O)n(-c3ccccc3Cl)nnc12. The van der Waals surface area contributed by atoms with Crippen LogP contribution in [0.1, 0.15) is 5.69 Å². The number of benzene rings is 1. The fourth-order valence-corrected chi connectivity index (χ4v) is 3.60. The molecule has 0 spiro atoms. The molecule has 0 atom stereocenters. The number of thiophene rings is 1. The Hall–Kier alpha value is -2.31. The number of para-hydroxylation sites is 1. The Kier molecular flexibility index (Phi) is 2.95. The number of nitrogens with zero attached hydrogens (tertiary/aromatic N) is 4. The molecule has 0 fully saturated rings. The van der Waals surface area contributed by atoms with E-state index in [1.165, 1.54) is 16.0 Å². The van der Waals surface area contributed by atoms with Crippen LogP contribution in [0.25, 0.3) is 26.1 Å². The number of aromatic nitrogens is 4. The van der Waals surface area contributed by atoms with Crippen molar-refractivity contribution in [1.29, 1.82) is 0 Å². The molecule has 0 aliphatic rings. The highest BCUT2D eigenvalue weighted by Gasteiger charge is 2.15. The van der Waals surface area contributed by atoms with Crippen LogP contribution < -0.4 is 5.56 Å². The minimum Gasteiger partial charge on any atom is -0.266 e. The third kappa shape index (κ3) is 1.92. The first-order valence-electron chi connectivity index (χ1n) is 6.56. The number of rotatable bonds is 1. The van der Waals surface area contributed by atoms with Crippen LogP contribution in [-0.2, 0) is 0 Å². The molecule has 3 heterocycles. The molecule has 0 unspecified atom stereocenters. The van der Waals surface area contributed by atoms with Gasteiger partial charge >= 0.3 is 0 Å². The lowest BCUT2D eigenvalue weighted by Crippen LogP contribution is -2.21. The normalized spacial score (nSPS) is 11.4. The van der Waals surface area contributed by atoms with Gasteiger partial charge in [-0.2, -0.15) is 4.68 Å². The lowest BCUT2D eigenvalue weighted by atomic mass is 10.3. The Morgan fingerprint density at radius 2 is 2.00 bits per heavy atom. The number of halogens is 1. The van der Waals surface area contributed by atoms with Crippen LogP contribution in [0.3, 0.4) is 0 Å². The van der Waals surface area contributed by atoms with Crippen LogP contribution in [0, 0.1) is 6.92 Å². The molecule has 1 aromatic carbocycles. The van der Waals surface area contributed by atoms with Crippen LogP contribution in [-0.4, -0.2) is 20.0 Å². The molecule has 4 rings (SSSR count). The highest BCUT2D eigenvalue weighted by Crippen LogP contribution is 2.29. The molecule has 7 heteroatoms. The zero-order chi connectivity index (χ0) is 15.3. The van der Waals surface area contributed by atoms with Crippen molar-refractivity contribution in [2.75, 3.05) is 0 Å². The maximum atomic E-state index is 12.7. The highest BCUT2D eigenvalue weighted by molar-refractivity contribution is 7.25. The molecule has 0 amide bonds. The minimum atomic E-state index is -0.237. The number of fused-ring (bicyclic) bond motifs is 3. The van der Waals surface area contributed by atoms with Crippen LogP contribution in [0.4, 0.5) is 0 Å². The highest BCUT2D eigenvalue weighted by atomic mass is 35.5. The Balaban J connectivity index is 2.08. The summed E-state index contributed by atoms with van der Waals surface area (Å²) in [7, 11) is 0. The number of aryl methyl sites for hydroxylation is 1. The topological polar surface area (TPSA) is 60.7 Å². The van der Waals surface area contributed by atoms with Gasteiger partial charge in [-0.15, -0.1) is 16.4 Å². The Bertz CT molecular complexity index is 1090. The smallest absolute Gasteiger partial charge is 0.266 e. The third-order valence-electron chi connectivity index (χ3n) is 3.37. The van der Waals surface area contributed by atoms with Crippen LogP contribution in [0.15, 0.2) is 41.2 Å². The quantitative estimate of drug-likeness (QED) is 0.537. The van der Waals surface area contributed by atoms with E-state index in [0.29, 0.717) is 20.9 Å². The maximum Gasteiger partial charge on any atom is 0.292 e. The van der Waals surface area contributed by atoms with Crippen LogP contribution >= 0.6 is 22.9 Å². The largest absolute Gasteiger partial charge is 0.292 e. The van der Waals surface area contributed by atoms with Gasteiger partial charge in [0, 0.05) is 11.1 Å². The first-order chi connectivity index (χ1) is 10.6. The van der Waals surface area contributed by atoms with E-state index in [2.05, 4.69) is 15.3 Å². The Morgan fingerprint density at radius 3 is 2.82 bits per heavy atom. The van der Waals surface area contributed by atoms with Crippen molar-refractivity contribution in [2.45, 2.75) is 6.92 Å². The first kappa shape index (κ1) is 13.4. The molecular weight excluding hydrogens is 320 g/mol. The summed E-state index contributed by atoms with van der Waals surface area (Å²) in [5.41, 5.74) is 1.77. The van der Waals surface area contributed by atoms with Gasteiger partial charge in [0.1, 0.15) is 15.0 Å². The second-order valence-corrected chi connectivity index (χ2v) is 6.25. The van der Waals surface area contributed by atoms with Gasteiger partial charge in [0.15, 0.2) is 0 Å². The van der Waals surface area contributed by atoms with Crippen molar-refractivity contribution in [1.82, 2.24) is 20.0 Å². The van der Waals surface area contributed by atoms with Crippen molar-refractivity contribution < 1.29 is 0 Å². The zero-order valence-electron chi connectivity index (χ0n) is 11.4. The average Bonchev–Trinajstić information content (AvgIpc) is 2.87. The molecule has 0 N–H and O–H groups in total. The summed E-state index contributed by atoms with van der Waals surface area (Å²) in [6.45, 7) is 1.91. The molecule has 22 heavy (non-hydrogen) atoms. The first-order valence-corrected chi connectivity index (χ1v) is 7.75. The molecular formula is C15H9ClN4OS. The number of hydrogen-bond acceptors (Lipinski definition) is 5. The lowest BCUT2D eigenvalue weighted by molar-refractivity contribution is 0.741. The summed E-state index contributed by atoms with van der Waals surface area (Å²) < 4.78 is 1.76. The summed E-state index contributed by atoms with van der Waals surface area (Å²) in [4.78, 5) is 18.0. The summed E-state index contributed by atoms with van der Waals surface area (Å²) in [5, 5.41) is 9.53. The summed E-state index contributed by atoms with van der Waals surface area (Å²) in [6.07, 6.45) is 0. The van der Waals surface area contributed by atoms with Gasteiger partial charge in [0.2, 0.25) is 0 Å². The second-order valence-electron chi connectivity index (χ2n) is 4.84. The van der Waals surface area contributed by atoms with Crippen LogP contribution in [0.2, 0.25) is 5.02 Å². The van der Waals surface area contributed by atoms with Gasteiger partial charge in [-0.05, 0) is 31.2 Å². The van der Waals surface area contributed by atoms with Crippen molar-refractivity contribution in [3.63, 3.8) is 0 Å². The molecule has 5 nitrogen and oxygen atoms in total. The van der Waals surface area contributed by atoms with E-state index < -0.39 is 0 Å². The van der Waals surface area contributed by atoms with Crippen molar-refractivity contribution in [3.8, 4) is 5.69 Å². The predicted molar refractivity (Wildman–Crippen MR) is 88.1 cm³/mol. The molecule has 0 saturated heterocycles. The molecule has 0 saturated carbocycles. The van der Waals surface area contributed by atoms with Gasteiger partial charge in [0.05, 0.1) is 10.7 Å². The molecule has 0 radical (unpaired) electrons. The summed E-state index contributed by atoms with van der Waals surface area (Å²) in [6, 6.07) is 10.9. The van der Waals surface area contributed by atoms with E-state index in [9.17, 15) is 4.79 Å². The fourth-order valence-electron chi connectivity index (χ4n) is 2.31. The zero-order valence-corrected chi connectivity index (χ0v) is 13.0. The van der Waals surface area contributed by atoms with Crippen molar-refractivity contribution in [2.24, 2.45) is 0 Å². The van der Waals surface area contributed by atoms with Gasteiger partial charge in [-0.1, -0.05) is 28.9 Å². The standard InChI is InChI=1S/C15H9ClN4OS/c1-8-6-7-9-12-13(22-14(9)17-8)15(21)20(19-18-12)11-5-3-2-4-10(11)16/h2-7H,1H3. The van der Waals surface area contributed by atoms with E-state index in [1.54, 1.807) is 24.3 Å². The lowest BCUT2D eigenvalue weighted by Gasteiger charge is -2.04. The molecule has 0 aliphatic heterocycles. The Morgan fingerprint density at radius 1 is 1.18 bits per heavy atom. The molecule has 0 bridgehead atoms. The second kappa shape index (κ2) is 4.86. The average molecular weight is 329 g/mol. The predicted octanol–water partition coefficient (Wildman–Crippen LogP) is 3.35. The van der Waals surface area contributed by atoms with E-state index in [4.69, 9.17) is 11.6 Å². The fraction of sp³-hybridized carbons (Fsp3) is 0.0667. The number of hydrogen-bond donors (Lipinski definition) is 0. The number of pyridine rings is 1. The molecule has 108 valence electrons. The summed E-state index contributed by atoms with van der Waals surface area (Å²) in [5.74, 6) is 0. The van der Waals surface area contributed by atoms with Crippen LogP contribution in [0.5, 0.6) is 0 Å². The molecule has 4 aromatic rings. The van der Waals surface area contributed by atoms with Gasteiger partial charge in [0.25, 0.3) is 5.56 Å². The molecule has 3 aromatic heterocycles. The third-order valence-corrected chi connectivity index (χ3v) is 4.77. The maximum absolute atomic E-state index is 12.7. The Labute approximate surface area is 133 Å². The van der Waals surface area contributed by atoms with E-state index >= 15 is 0 Å². The van der Waals surface area contributed by atoms with E-state index in [1.807, 2.05) is 19.1 Å². The van der Waals surface area contributed by atoms with Gasteiger partial charge < -0.3 is 0 Å². The van der Waals surface area contributed by atoms with Crippen molar-refractivity contribution >= 4 is 43.4 Å². The monoisotopic (exact) mass is 328 g/mol. The minimum absolute atomic E-state index is 0.237. The van der Waals surface area contributed by atoms with Gasteiger partial charge in [-0.3, -0.25) is 4.79 Å².